The Morgan fingerprint density at radius 1 is 1.21 bits per heavy atom. The molecule has 1 unspecified atom stereocenters. The van der Waals surface area contributed by atoms with Gasteiger partial charge in [-0.05, 0) is 70.3 Å². The van der Waals surface area contributed by atoms with Gasteiger partial charge in [-0.25, -0.2) is 4.79 Å². The van der Waals surface area contributed by atoms with Crippen LogP contribution in [-0.4, -0.2) is 84.1 Å². The standard InChI is InChI=1S/C32H47N3O7/c1-9-29(4)18-21(36)32-30(5)22(39-27(41-32)35(7)8)14-16-28(2,3)24(30)23(25(37)31(32,6)42-29)40-26(38)34-17-15-19-10-12-20(33)13-11-19/h9-13,22-25,27,37H,1,14-18,33H2,2-8H3,(H,34,38)/t22-,23-,24-,25-,27?,29-,30-,31+,32-/m0/s1. The van der Waals surface area contributed by atoms with E-state index in [9.17, 15) is 14.7 Å². The van der Waals surface area contributed by atoms with E-state index >= 15 is 0 Å². The van der Waals surface area contributed by atoms with Crippen LogP contribution in [0, 0.1) is 16.7 Å². The number of nitrogens with two attached hydrogens (primary N) is 1. The maximum atomic E-state index is 14.6. The van der Waals surface area contributed by atoms with Crippen molar-refractivity contribution in [1.82, 2.24) is 10.2 Å². The number of nitrogens with one attached hydrogen (secondary N) is 1. The largest absolute Gasteiger partial charge is 0.443 e. The number of nitrogens with zero attached hydrogens (tertiary/aromatic N) is 1. The molecule has 0 aromatic heterocycles. The number of rotatable bonds is 6. The Labute approximate surface area is 248 Å². The molecule has 2 saturated heterocycles. The van der Waals surface area contributed by atoms with Gasteiger partial charge in [-0.3, -0.25) is 9.69 Å². The number of nitrogen functional groups attached to an aromatic ring is 1. The van der Waals surface area contributed by atoms with Gasteiger partial charge in [0.1, 0.15) is 17.8 Å². The molecule has 0 bridgehead atoms. The fourth-order valence-corrected chi connectivity index (χ4v) is 8.58. The van der Waals surface area contributed by atoms with Crippen molar-refractivity contribution < 1.29 is 33.6 Å². The van der Waals surface area contributed by atoms with Crippen LogP contribution >= 0.6 is 0 Å². The summed E-state index contributed by atoms with van der Waals surface area (Å²) in [5, 5.41) is 15.1. The molecule has 1 aromatic carbocycles. The van der Waals surface area contributed by atoms with Crippen molar-refractivity contribution in [2.24, 2.45) is 16.7 Å². The van der Waals surface area contributed by atoms with Crippen molar-refractivity contribution in [3.63, 3.8) is 0 Å². The molecule has 9 atom stereocenters. The molecule has 42 heavy (non-hydrogen) atoms. The number of carbonyl (C=O) groups excluding carboxylic acids is 2. The molecule has 4 fully saturated rings. The van der Waals surface area contributed by atoms with Gasteiger partial charge in [0.15, 0.2) is 11.4 Å². The van der Waals surface area contributed by atoms with Crippen LogP contribution < -0.4 is 11.1 Å². The zero-order valence-electron chi connectivity index (χ0n) is 25.9. The Kier molecular flexibility index (Phi) is 7.59. The predicted molar refractivity (Wildman–Crippen MR) is 157 cm³/mol. The topological polar surface area (TPSA) is 133 Å². The van der Waals surface area contributed by atoms with Crippen molar-refractivity contribution in [3.8, 4) is 0 Å². The van der Waals surface area contributed by atoms with Crippen LogP contribution in [0.2, 0.25) is 0 Å². The molecule has 232 valence electrons. The van der Waals surface area contributed by atoms with Crippen LogP contribution in [-0.2, 0) is 30.2 Å². The van der Waals surface area contributed by atoms with Crippen LogP contribution in [0.25, 0.3) is 0 Å². The van der Waals surface area contributed by atoms with Gasteiger partial charge >= 0.3 is 6.09 Å². The van der Waals surface area contributed by atoms with Crippen LogP contribution in [0.15, 0.2) is 36.9 Å². The lowest BCUT2D eigenvalue weighted by Crippen LogP contribution is -2.89. The number of aliphatic hydroxyl groups is 1. The van der Waals surface area contributed by atoms with E-state index in [-0.39, 0.29) is 12.2 Å². The minimum atomic E-state index is -1.59. The Bertz CT molecular complexity index is 1240. The predicted octanol–water partition coefficient (Wildman–Crippen LogP) is 3.42. The van der Waals surface area contributed by atoms with Gasteiger partial charge in [0.25, 0.3) is 0 Å². The highest BCUT2D eigenvalue weighted by Crippen LogP contribution is 2.70. The van der Waals surface area contributed by atoms with Gasteiger partial charge in [0.2, 0.25) is 6.41 Å². The van der Waals surface area contributed by atoms with E-state index in [1.54, 1.807) is 24.8 Å². The molecule has 2 saturated carbocycles. The summed E-state index contributed by atoms with van der Waals surface area (Å²) in [6.45, 7) is 13.9. The molecular weight excluding hydrogens is 538 g/mol. The van der Waals surface area contributed by atoms with Gasteiger partial charge in [-0.1, -0.05) is 39.0 Å². The first-order valence-corrected chi connectivity index (χ1v) is 14.9. The lowest BCUT2D eigenvalue weighted by atomic mass is 9.39. The third kappa shape index (κ3) is 4.40. The Morgan fingerprint density at radius 3 is 2.50 bits per heavy atom. The molecule has 1 aromatic rings. The van der Waals surface area contributed by atoms with Crippen LogP contribution in [0.5, 0.6) is 0 Å². The highest BCUT2D eigenvalue weighted by atomic mass is 16.7. The average molecular weight is 586 g/mol. The Morgan fingerprint density at radius 2 is 1.88 bits per heavy atom. The maximum Gasteiger partial charge on any atom is 0.407 e. The molecule has 0 radical (unpaired) electrons. The third-order valence-electron chi connectivity index (χ3n) is 10.5. The lowest BCUT2D eigenvalue weighted by Gasteiger charge is -2.74. The van der Waals surface area contributed by atoms with Gasteiger partial charge in [-0.2, -0.15) is 0 Å². The number of carbonyl (C=O) groups is 2. The first-order valence-electron chi connectivity index (χ1n) is 14.9. The minimum absolute atomic E-state index is 0.0333. The Hall–Kier alpha value is -2.50. The number of hydrogen-bond donors (Lipinski definition) is 3. The number of benzene rings is 1. The van der Waals surface area contributed by atoms with Crippen LogP contribution in [0.3, 0.4) is 0 Å². The first-order chi connectivity index (χ1) is 19.5. The van der Waals surface area contributed by atoms with Crippen molar-refractivity contribution in [1.29, 1.82) is 0 Å². The summed E-state index contributed by atoms with van der Waals surface area (Å²) in [5.41, 5.74) is 1.83. The SMILES string of the molecule is C=C[C@@]1(C)CC(=O)[C@@]23OC(N(C)C)O[C@H]4CCC(C)(C)[C@H]([C@H](OC(=O)NCCc5ccc(N)cc5)[C@H](O)[C@@]2(C)O1)[C@]43C. The zero-order chi connectivity index (χ0) is 30.9. The molecule has 1 amide bonds. The number of aliphatic hydroxyl groups excluding tert-OH is 1. The van der Waals surface area contributed by atoms with E-state index in [2.05, 4.69) is 25.7 Å². The highest BCUT2D eigenvalue weighted by molar-refractivity contribution is 5.93. The smallest absolute Gasteiger partial charge is 0.407 e. The number of amides is 1. The summed E-state index contributed by atoms with van der Waals surface area (Å²) in [6.07, 6.45) is -0.656. The summed E-state index contributed by atoms with van der Waals surface area (Å²) in [5.74, 6) is -0.659. The van der Waals surface area contributed by atoms with Gasteiger partial charge in [0, 0.05) is 30.0 Å². The number of anilines is 1. The van der Waals surface area contributed by atoms with Gasteiger partial charge < -0.3 is 35.1 Å². The average Bonchev–Trinajstić information content (AvgIpc) is 2.90. The summed E-state index contributed by atoms with van der Waals surface area (Å²) in [6, 6.07) is 7.46. The first kappa shape index (κ1) is 30.9. The zero-order valence-corrected chi connectivity index (χ0v) is 25.9. The van der Waals surface area contributed by atoms with E-state index in [0.717, 1.165) is 12.0 Å². The molecule has 4 aliphatic rings. The minimum Gasteiger partial charge on any atom is -0.443 e. The summed E-state index contributed by atoms with van der Waals surface area (Å²) in [7, 11) is 3.65. The lowest BCUT2D eigenvalue weighted by molar-refractivity contribution is -0.456. The van der Waals surface area contributed by atoms with Crippen molar-refractivity contribution >= 4 is 17.6 Å². The van der Waals surface area contributed by atoms with E-state index < -0.39 is 64.4 Å². The molecule has 1 spiro atoms. The fourth-order valence-electron chi connectivity index (χ4n) is 8.58. The van der Waals surface area contributed by atoms with Crippen molar-refractivity contribution in [2.75, 3.05) is 26.4 Å². The maximum absolute atomic E-state index is 14.6. The number of alkyl carbamates (subject to hydrolysis) is 1. The molecule has 10 nitrogen and oxygen atoms in total. The molecule has 5 rings (SSSR count). The van der Waals surface area contributed by atoms with Crippen molar-refractivity contribution in [3.05, 3.63) is 42.5 Å². The number of ketones is 1. The quantitative estimate of drug-likeness (QED) is 0.339. The second kappa shape index (κ2) is 10.3. The summed E-state index contributed by atoms with van der Waals surface area (Å²) in [4.78, 5) is 29.7. The molecule has 2 heterocycles. The van der Waals surface area contributed by atoms with Crippen LogP contribution in [0.4, 0.5) is 10.5 Å². The van der Waals surface area contributed by atoms with Crippen molar-refractivity contribution in [2.45, 2.75) is 102 Å². The van der Waals surface area contributed by atoms with E-state index in [1.807, 2.05) is 45.3 Å². The van der Waals surface area contributed by atoms with E-state index in [4.69, 9.17) is 24.7 Å². The molecule has 10 heteroatoms. The van der Waals surface area contributed by atoms with Gasteiger partial charge in [-0.15, -0.1) is 6.58 Å². The molecule has 2 aliphatic carbocycles. The number of ether oxygens (including phenoxy) is 4. The third-order valence-corrected chi connectivity index (χ3v) is 10.5. The Balaban J connectivity index is 1.55. The fraction of sp³-hybridized carbons (Fsp3) is 0.688. The van der Waals surface area contributed by atoms with E-state index in [0.29, 0.717) is 25.1 Å². The second-order valence-corrected chi connectivity index (χ2v) is 14.0. The highest BCUT2D eigenvalue weighted by Gasteiger charge is 2.84. The monoisotopic (exact) mass is 585 g/mol. The number of Topliss-reactive ketones (excluding diaryl/α,β-unsaturated/α-hetero) is 1. The molecular formula is C32H47N3O7. The second-order valence-electron chi connectivity index (χ2n) is 14.0. The van der Waals surface area contributed by atoms with E-state index in [1.165, 1.54) is 0 Å². The normalized spacial score (nSPS) is 42.3. The molecule has 2 aliphatic heterocycles. The molecule has 4 N–H and O–H groups in total. The summed E-state index contributed by atoms with van der Waals surface area (Å²) >= 11 is 0. The van der Waals surface area contributed by atoms with Crippen LogP contribution in [0.1, 0.15) is 59.4 Å². The summed E-state index contributed by atoms with van der Waals surface area (Å²) < 4.78 is 26.2. The van der Waals surface area contributed by atoms with Gasteiger partial charge in [0.05, 0.1) is 11.7 Å². The number of hydrogen-bond acceptors (Lipinski definition) is 9.